The molecule has 1 saturated heterocycles. The van der Waals surface area contributed by atoms with Crippen molar-refractivity contribution in [1.29, 1.82) is 0 Å². The number of hydrogen-bond donors (Lipinski definition) is 1. The summed E-state index contributed by atoms with van der Waals surface area (Å²) in [4.78, 5) is 1.81. The van der Waals surface area contributed by atoms with Gasteiger partial charge in [0.1, 0.15) is 4.21 Å². The Labute approximate surface area is 242 Å². The maximum atomic E-state index is 13.4. The normalized spacial score (nSPS) is 19.7. The second-order valence-corrected chi connectivity index (χ2v) is 15.2. The summed E-state index contributed by atoms with van der Waals surface area (Å²) in [6.45, 7) is 2.56. The van der Waals surface area contributed by atoms with E-state index in [-0.39, 0.29) is 36.0 Å². The maximum absolute atomic E-state index is 13.4. The molecule has 1 aromatic heterocycles. The molecule has 2 heterocycles. The summed E-state index contributed by atoms with van der Waals surface area (Å²) in [5, 5.41) is 11.7. The van der Waals surface area contributed by atoms with Crippen LogP contribution in [0.3, 0.4) is 0 Å². The highest BCUT2D eigenvalue weighted by Gasteiger charge is 2.51. The number of aliphatic hydroxyl groups is 1. The van der Waals surface area contributed by atoms with Crippen LogP contribution < -0.4 is 4.90 Å². The molecule has 0 radical (unpaired) electrons. The van der Waals surface area contributed by atoms with E-state index in [0.717, 1.165) is 23.2 Å². The van der Waals surface area contributed by atoms with Gasteiger partial charge >= 0.3 is 6.18 Å². The third-order valence-electron chi connectivity index (χ3n) is 7.38. The summed E-state index contributed by atoms with van der Waals surface area (Å²) < 4.78 is 95.8. The van der Waals surface area contributed by atoms with Gasteiger partial charge in [0.05, 0.1) is 12.3 Å². The van der Waals surface area contributed by atoms with E-state index in [1.165, 1.54) is 38.9 Å². The molecule has 1 aliphatic heterocycles. The van der Waals surface area contributed by atoms with Gasteiger partial charge in [0, 0.05) is 37.9 Å². The van der Waals surface area contributed by atoms with E-state index in [1.807, 2.05) is 11.0 Å². The van der Waals surface area contributed by atoms with Gasteiger partial charge in [-0.3, -0.25) is 0 Å². The predicted octanol–water partition coefficient (Wildman–Crippen LogP) is 4.42. The van der Waals surface area contributed by atoms with Crippen LogP contribution >= 0.6 is 11.3 Å². The van der Waals surface area contributed by atoms with Crippen molar-refractivity contribution >= 4 is 37.1 Å². The van der Waals surface area contributed by atoms with Gasteiger partial charge in [0.2, 0.25) is 10.0 Å². The number of benzene rings is 2. The molecule has 2 unspecified atom stereocenters. The van der Waals surface area contributed by atoms with Crippen LogP contribution in [0.2, 0.25) is 0 Å². The van der Waals surface area contributed by atoms with Gasteiger partial charge < -0.3 is 10.0 Å². The van der Waals surface area contributed by atoms with Crippen LogP contribution in [0.15, 0.2) is 76.3 Å². The largest absolute Gasteiger partial charge is 0.421 e. The molecule has 1 aliphatic rings. The smallest absolute Gasteiger partial charge is 0.376 e. The van der Waals surface area contributed by atoms with E-state index in [4.69, 9.17) is 0 Å². The highest BCUT2D eigenvalue weighted by molar-refractivity contribution is 7.91. The Morgan fingerprint density at radius 3 is 2.17 bits per heavy atom. The van der Waals surface area contributed by atoms with E-state index in [1.54, 1.807) is 42.6 Å². The van der Waals surface area contributed by atoms with E-state index >= 15 is 0 Å². The Hall–Kier alpha value is -2.49. The van der Waals surface area contributed by atoms with Crippen LogP contribution in [0.1, 0.15) is 31.0 Å². The van der Waals surface area contributed by atoms with E-state index in [9.17, 15) is 35.1 Å². The van der Waals surface area contributed by atoms with Crippen LogP contribution in [-0.2, 0) is 25.6 Å². The van der Waals surface area contributed by atoms with Crippen LogP contribution in [0.5, 0.6) is 0 Å². The number of thiophene rings is 1. The molecule has 41 heavy (non-hydrogen) atoms. The van der Waals surface area contributed by atoms with Crippen LogP contribution in [0, 0.1) is 0 Å². The molecule has 0 amide bonds. The fourth-order valence-electron chi connectivity index (χ4n) is 4.91. The standard InChI is InChI=1S/C27H32F3N3O5S3/c1-20(21-8-5-4-6-9-21)33(40(3,35)36)19-24-18-31(41(37,38)25-10-7-17-39-25)15-16-32(24)23-13-11-22(12-14-23)26(2,34)27(28,29)30/h4-14,17,20,24,34H,15-16,18-19H2,1-3H3/t20?,24-,26?/m1/s1. The summed E-state index contributed by atoms with van der Waals surface area (Å²) in [5.41, 5.74) is -2.18. The zero-order valence-corrected chi connectivity index (χ0v) is 25.1. The van der Waals surface area contributed by atoms with Crippen LogP contribution in [0.25, 0.3) is 0 Å². The minimum absolute atomic E-state index is 0.0459. The van der Waals surface area contributed by atoms with Crippen molar-refractivity contribution < 1.29 is 35.1 Å². The van der Waals surface area contributed by atoms with Crippen molar-refractivity contribution in [3.05, 3.63) is 83.2 Å². The second kappa shape index (κ2) is 11.7. The van der Waals surface area contributed by atoms with Gasteiger partial charge in [0.25, 0.3) is 10.0 Å². The molecule has 3 aromatic rings. The van der Waals surface area contributed by atoms with E-state index < -0.39 is 43.9 Å². The number of anilines is 1. The molecule has 0 bridgehead atoms. The minimum Gasteiger partial charge on any atom is -0.376 e. The summed E-state index contributed by atoms with van der Waals surface area (Å²) in [6.07, 6.45) is -3.80. The van der Waals surface area contributed by atoms with Crippen molar-refractivity contribution in [1.82, 2.24) is 8.61 Å². The van der Waals surface area contributed by atoms with E-state index in [0.29, 0.717) is 12.6 Å². The van der Waals surface area contributed by atoms with Gasteiger partial charge in [-0.2, -0.15) is 21.8 Å². The first kappa shape index (κ1) is 31.4. The van der Waals surface area contributed by atoms with Crippen LogP contribution in [-0.4, -0.2) is 75.2 Å². The molecule has 14 heteroatoms. The molecule has 0 saturated carbocycles. The van der Waals surface area contributed by atoms with Crippen molar-refractivity contribution in [2.75, 3.05) is 37.3 Å². The Morgan fingerprint density at radius 2 is 1.63 bits per heavy atom. The Balaban J connectivity index is 1.71. The van der Waals surface area contributed by atoms with Crippen molar-refractivity contribution in [3.63, 3.8) is 0 Å². The number of rotatable bonds is 9. The molecule has 3 atom stereocenters. The lowest BCUT2D eigenvalue weighted by molar-refractivity contribution is -0.258. The predicted molar refractivity (Wildman–Crippen MR) is 153 cm³/mol. The lowest BCUT2D eigenvalue weighted by Crippen LogP contribution is -2.59. The van der Waals surface area contributed by atoms with Crippen molar-refractivity contribution in [2.45, 2.75) is 41.9 Å². The molecular formula is C27H32F3N3O5S3. The zero-order chi connectivity index (χ0) is 30.2. The van der Waals surface area contributed by atoms with Crippen molar-refractivity contribution in [2.24, 2.45) is 0 Å². The minimum atomic E-state index is -4.89. The van der Waals surface area contributed by atoms with Crippen LogP contribution in [0.4, 0.5) is 18.9 Å². The van der Waals surface area contributed by atoms with Gasteiger partial charge in [0.15, 0.2) is 5.60 Å². The number of nitrogens with zero attached hydrogens (tertiary/aromatic N) is 3. The number of alkyl halides is 3. The third kappa shape index (κ3) is 6.62. The fourth-order valence-corrected chi connectivity index (χ4v) is 8.66. The average Bonchev–Trinajstić information content (AvgIpc) is 3.47. The molecule has 2 aromatic carbocycles. The molecule has 1 fully saturated rings. The first-order valence-electron chi connectivity index (χ1n) is 12.7. The first-order valence-corrected chi connectivity index (χ1v) is 16.9. The highest BCUT2D eigenvalue weighted by atomic mass is 32.2. The van der Waals surface area contributed by atoms with Gasteiger partial charge in [-0.1, -0.05) is 48.5 Å². The highest BCUT2D eigenvalue weighted by Crippen LogP contribution is 2.39. The fraction of sp³-hybridized carbons (Fsp3) is 0.407. The summed E-state index contributed by atoms with van der Waals surface area (Å²) in [6, 6.07) is 16.1. The Morgan fingerprint density at radius 1 is 1.00 bits per heavy atom. The number of halogens is 3. The molecule has 0 spiro atoms. The lowest BCUT2D eigenvalue weighted by atomic mass is 9.95. The second-order valence-electron chi connectivity index (χ2n) is 10.2. The number of sulfonamides is 2. The monoisotopic (exact) mass is 631 g/mol. The summed E-state index contributed by atoms with van der Waals surface area (Å²) in [5.74, 6) is 0. The van der Waals surface area contributed by atoms with Gasteiger partial charge in [-0.25, -0.2) is 16.8 Å². The molecule has 4 rings (SSSR count). The van der Waals surface area contributed by atoms with Gasteiger partial charge in [-0.15, -0.1) is 11.3 Å². The summed E-state index contributed by atoms with van der Waals surface area (Å²) >= 11 is 1.08. The van der Waals surface area contributed by atoms with E-state index in [2.05, 4.69) is 0 Å². The van der Waals surface area contributed by atoms with Gasteiger partial charge in [-0.05, 0) is 48.6 Å². The molecule has 8 nitrogen and oxygen atoms in total. The molecule has 224 valence electrons. The quantitative estimate of drug-likeness (QED) is 0.376. The Bertz CT molecular complexity index is 1530. The topological polar surface area (TPSA) is 98.2 Å². The first-order chi connectivity index (χ1) is 19.0. The maximum Gasteiger partial charge on any atom is 0.421 e. The number of piperazine rings is 1. The molecular weight excluding hydrogens is 600 g/mol. The number of hydrogen-bond acceptors (Lipinski definition) is 7. The van der Waals surface area contributed by atoms with Crippen molar-refractivity contribution in [3.8, 4) is 0 Å². The zero-order valence-electron chi connectivity index (χ0n) is 22.7. The summed E-state index contributed by atoms with van der Waals surface area (Å²) in [7, 11) is -7.62. The molecule has 0 aliphatic carbocycles. The SMILES string of the molecule is CC(c1ccccc1)N(C[C@H]1CN(S(=O)(=O)c2cccs2)CCN1c1ccc(C(C)(O)C(F)(F)F)cc1)S(C)(=O)=O. The lowest BCUT2D eigenvalue weighted by Gasteiger charge is -2.44. The average molecular weight is 632 g/mol. The molecule has 1 N–H and O–H groups in total. The Kier molecular flexibility index (Phi) is 8.94. The third-order valence-corrected chi connectivity index (χ3v) is 11.9.